The Hall–Kier alpha value is -5.61. The van der Waals surface area contributed by atoms with Crippen molar-refractivity contribution in [2.75, 3.05) is 0 Å². The van der Waals surface area contributed by atoms with E-state index in [1.54, 1.807) is 0 Å². The molecule has 0 saturated carbocycles. The van der Waals surface area contributed by atoms with Crippen molar-refractivity contribution in [2.24, 2.45) is 0 Å². The normalized spacial score (nSPS) is 12.3. The SMILES string of the molecule is CC(C)(C)c1ccc(-c2nc3c4cc(-c5ccncc5)ccc4c4ccc(-c5ccncc5)cc4c3n2-c2ccc(C(C)(C)C)cc2)cc1. The van der Waals surface area contributed by atoms with Crippen molar-refractivity contribution in [1.82, 2.24) is 19.5 Å². The standard InChI is InChI=1S/C45H40N4/c1-44(2,3)34-11-7-31(8-12-34)43-48-41-39-27-32(29-19-23-46-24-20-29)9-17-37(39)38-18-10-33(30-21-25-47-26-22-30)28-40(38)42(41)49(43)36-15-13-35(14-16-36)45(4,5)6/h7-28H,1-6H3. The van der Waals surface area contributed by atoms with Crippen molar-refractivity contribution in [3.8, 4) is 39.3 Å². The third kappa shape index (κ3) is 5.47. The summed E-state index contributed by atoms with van der Waals surface area (Å²) in [6.45, 7) is 13.6. The van der Waals surface area contributed by atoms with Gasteiger partial charge in [0.15, 0.2) is 0 Å². The van der Waals surface area contributed by atoms with Crippen molar-refractivity contribution in [3.05, 3.63) is 145 Å². The average Bonchev–Trinajstić information content (AvgIpc) is 3.53. The first kappa shape index (κ1) is 30.7. The van der Waals surface area contributed by atoms with Gasteiger partial charge in [0.25, 0.3) is 0 Å². The van der Waals surface area contributed by atoms with E-state index in [4.69, 9.17) is 4.98 Å². The van der Waals surface area contributed by atoms with Crippen LogP contribution in [0.4, 0.5) is 0 Å². The lowest BCUT2D eigenvalue weighted by Gasteiger charge is -2.20. The van der Waals surface area contributed by atoms with Crippen LogP contribution in [-0.2, 0) is 10.8 Å². The molecule has 0 aliphatic rings. The third-order valence-corrected chi connectivity index (χ3v) is 9.74. The third-order valence-electron chi connectivity index (χ3n) is 9.74. The summed E-state index contributed by atoms with van der Waals surface area (Å²) in [6, 6.07) is 39.9. The highest BCUT2D eigenvalue weighted by Crippen LogP contribution is 2.42. The van der Waals surface area contributed by atoms with Crippen LogP contribution < -0.4 is 0 Å². The van der Waals surface area contributed by atoms with E-state index in [1.165, 1.54) is 27.3 Å². The first-order valence-corrected chi connectivity index (χ1v) is 17.0. The van der Waals surface area contributed by atoms with Crippen LogP contribution in [0.2, 0.25) is 0 Å². The fraction of sp³-hybridized carbons (Fsp3) is 0.178. The van der Waals surface area contributed by atoms with Gasteiger partial charge in [-0.05, 0) is 104 Å². The van der Waals surface area contributed by atoms with Crippen molar-refractivity contribution in [2.45, 2.75) is 52.4 Å². The second-order valence-corrected chi connectivity index (χ2v) is 15.1. The Morgan fingerprint density at radius 3 is 1.39 bits per heavy atom. The molecule has 0 spiro atoms. The summed E-state index contributed by atoms with van der Waals surface area (Å²) in [7, 11) is 0. The molecule has 0 radical (unpaired) electrons. The Kier molecular flexibility index (Phi) is 7.22. The summed E-state index contributed by atoms with van der Waals surface area (Å²) < 4.78 is 2.38. The van der Waals surface area contributed by atoms with Gasteiger partial charge in [-0.1, -0.05) is 102 Å². The highest BCUT2D eigenvalue weighted by atomic mass is 15.1. The largest absolute Gasteiger partial charge is 0.292 e. The number of hydrogen-bond acceptors (Lipinski definition) is 3. The fourth-order valence-corrected chi connectivity index (χ4v) is 6.93. The van der Waals surface area contributed by atoms with Gasteiger partial charge >= 0.3 is 0 Å². The van der Waals surface area contributed by atoms with Crippen molar-refractivity contribution >= 4 is 32.6 Å². The van der Waals surface area contributed by atoms with Crippen LogP contribution in [0.5, 0.6) is 0 Å². The number of nitrogens with zero attached hydrogens (tertiary/aromatic N) is 4. The zero-order valence-corrected chi connectivity index (χ0v) is 29.0. The second kappa shape index (κ2) is 11.5. The molecule has 0 aliphatic heterocycles. The van der Waals surface area contributed by atoms with Crippen LogP contribution in [0.1, 0.15) is 52.7 Å². The van der Waals surface area contributed by atoms with Gasteiger partial charge in [0.05, 0.1) is 11.0 Å². The molecule has 0 saturated heterocycles. The minimum absolute atomic E-state index is 0.0485. The number of imidazole rings is 1. The maximum atomic E-state index is 5.58. The number of fused-ring (bicyclic) bond motifs is 6. The molecule has 0 atom stereocenters. The molecule has 0 aliphatic carbocycles. The molecule has 3 aromatic heterocycles. The number of benzene rings is 5. The van der Waals surface area contributed by atoms with Gasteiger partial charge in [0, 0.05) is 46.8 Å². The van der Waals surface area contributed by atoms with Gasteiger partial charge in [-0.25, -0.2) is 4.98 Å². The van der Waals surface area contributed by atoms with Crippen LogP contribution in [0.25, 0.3) is 71.9 Å². The summed E-state index contributed by atoms with van der Waals surface area (Å²) in [6.07, 6.45) is 7.42. The molecule has 8 aromatic rings. The average molecular weight is 637 g/mol. The molecular weight excluding hydrogens is 597 g/mol. The monoisotopic (exact) mass is 636 g/mol. The summed E-state index contributed by atoms with van der Waals surface area (Å²) >= 11 is 0. The molecular formula is C45H40N4. The molecule has 4 heteroatoms. The lowest BCUT2D eigenvalue weighted by Crippen LogP contribution is -2.11. The van der Waals surface area contributed by atoms with E-state index in [2.05, 4.69) is 165 Å². The molecule has 0 fully saturated rings. The Labute approximate surface area is 288 Å². The van der Waals surface area contributed by atoms with E-state index in [0.717, 1.165) is 55.7 Å². The summed E-state index contributed by atoms with van der Waals surface area (Å²) in [5.41, 5.74) is 11.5. The van der Waals surface area contributed by atoms with Crippen molar-refractivity contribution in [3.63, 3.8) is 0 Å². The van der Waals surface area contributed by atoms with Crippen LogP contribution in [0.3, 0.4) is 0 Å². The molecule has 3 heterocycles. The highest BCUT2D eigenvalue weighted by molar-refractivity contribution is 6.25. The molecule has 8 rings (SSSR count). The van der Waals surface area contributed by atoms with Gasteiger partial charge < -0.3 is 0 Å². The summed E-state index contributed by atoms with van der Waals surface area (Å²) in [5, 5.41) is 4.68. The van der Waals surface area contributed by atoms with Crippen molar-refractivity contribution in [1.29, 1.82) is 0 Å². The molecule has 5 aromatic carbocycles. The second-order valence-electron chi connectivity index (χ2n) is 15.1. The Balaban J connectivity index is 1.51. The lowest BCUT2D eigenvalue weighted by molar-refractivity contribution is 0.590. The van der Waals surface area contributed by atoms with Gasteiger partial charge in [-0.3, -0.25) is 14.5 Å². The highest BCUT2D eigenvalue weighted by Gasteiger charge is 2.23. The Morgan fingerprint density at radius 1 is 0.429 bits per heavy atom. The van der Waals surface area contributed by atoms with Gasteiger partial charge in [-0.2, -0.15) is 0 Å². The van der Waals surface area contributed by atoms with Gasteiger partial charge in [0.1, 0.15) is 5.82 Å². The molecule has 0 bridgehead atoms. The van der Waals surface area contributed by atoms with Crippen LogP contribution >= 0.6 is 0 Å². The fourth-order valence-electron chi connectivity index (χ4n) is 6.93. The minimum Gasteiger partial charge on any atom is -0.292 e. The van der Waals surface area contributed by atoms with E-state index in [0.29, 0.717) is 0 Å². The topological polar surface area (TPSA) is 43.6 Å². The lowest BCUT2D eigenvalue weighted by atomic mass is 9.86. The number of hydrogen-bond donors (Lipinski definition) is 0. The summed E-state index contributed by atoms with van der Waals surface area (Å²) in [5.74, 6) is 0.927. The van der Waals surface area contributed by atoms with Gasteiger partial charge in [-0.15, -0.1) is 0 Å². The summed E-state index contributed by atoms with van der Waals surface area (Å²) in [4.78, 5) is 14.1. The Morgan fingerprint density at radius 2 is 0.878 bits per heavy atom. The van der Waals surface area contributed by atoms with Crippen LogP contribution in [0.15, 0.2) is 134 Å². The maximum absolute atomic E-state index is 5.58. The first-order chi connectivity index (χ1) is 23.6. The molecule has 0 N–H and O–H groups in total. The van der Waals surface area contributed by atoms with Crippen LogP contribution in [-0.4, -0.2) is 19.5 Å². The molecule has 0 unspecified atom stereocenters. The van der Waals surface area contributed by atoms with Crippen LogP contribution in [0, 0.1) is 0 Å². The van der Waals surface area contributed by atoms with E-state index in [1.807, 2.05) is 24.8 Å². The number of aromatic nitrogens is 4. The zero-order valence-electron chi connectivity index (χ0n) is 29.0. The molecule has 4 nitrogen and oxygen atoms in total. The Bertz CT molecular complexity index is 2460. The predicted molar refractivity (Wildman–Crippen MR) is 205 cm³/mol. The van der Waals surface area contributed by atoms with E-state index >= 15 is 0 Å². The molecule has 240 valence electrons. The van der Waals surface area contributed by atoms with E-state index in [-0.39, 0.29) is 10.8 Å². The zero-order chi connectivity index (χ0) is 33.9. The first-order valence-electron chi connectivity index (χ1n) is 17.0. The molecule has 0 amide bonds. The van der Waals surface area contributed by atoms with Crippen molar-refractivity contribution < 1.29 is 0 Å². The predicted octanol–water partition coefficient (Wildman–Crippen LogP) is 11.7. The van der Waals surface area contributed by atoms with Gasteiger partial charge in [0.2, 0.25) is 0 Å². The minimum atomic E-state index is 0.0485. The quantitative estimate of drug-likeness (QED) is 0.181. The molecule has 49 heavy (non-hydrogen) atoms. The van der Waals surface area contributed by atoms with E-state index < -0.39 is 0 Å². The van der Waals surface area contributed by atoms with E-state index in [9.17, 15) is 0 Å². The maximum Gasteiger partial charge on any atom is 0.145 e. The number of rotatable bonds is 4. The smallest absolute Gasteiger partial charge is 0.145 e. The number of pyridine rings is 2.